The molecule has 0 spiro atoms. The van der Waals surface area contributed by atoms with Crippen LogP contribution in [0.5, 0.6) is 0 Å². The zero-order valence-electron chi connectivity index (χ0n) is 39.9. The van der Waals surface area contributed by atoms with E-state index in [2.05, 4.69) is 81.5 Å². The molecule has 0 saturated heterocycles. The van der Waals surface area contributed by atoms with Crippen LogP contribution in [0.2, 0.25) is 0 Å². The lowest BCUT2D eigenvalue weighted by molar-refractivity contribution is -0.166. The number of rotatable bonds is 45. The van der Waals surface area contributed by atoms with Crippen molar-refractivity contribution >= 4 is 17.9 Å². The third-order valence-corrected chi connectivity index (χ3v) is 10.7. The molecule has 0 fully saturated rings. The Kier molecular flexibility index (Phi) is 46.9. The number of esters is 3. The molecule has 0 aliphatic carbocycles. The van der Waals surface area contributed by atoms with Crippen molar-refractivity contribution in [2.75, 3.05) is 13.2 Å². The summed E-state index contributed by atoms with van der Waals surface area (Å²) >= 11 is 0. The van der Waals surface area contributed by atoms with Crippen LogP contribution in [0, 0.1) is 0 Å². The van der Waals surface area contributed by atoms with E-state index in [0.29, 0.717) is 12.8 Å². The van der Waals surface area contributed by atoms with E-state index in [4.69, 9.17) is 14.2 Å². The van der Waals surface area contributed by atoms with Gasteiger partial charge in [-0.3, -0.25) is 14.4 Å². The standard InChI is InChI=1S/C55H94O6/c1-4-7-10-13-16-19-21-23-25-27-28-30-31-33-36-39-42-45-48-54(57)60-51-52(50-59-53(56)47-44-41-38-35-18-15-12-9-6-3)61-55(58)49-46-43-40-37-34-32-29-26-24-22-20-17-14-11-8-5-2/h9,12,18,25-30,35,41,44,52H,4-8,10-11,13-17,19-24,31-34,36-40,42-43,45-51H2,1-3H3/b12-9-,27-25-,29-26-,30-28-,35-18-,44-41-. The second kappa shape index (κ2) is 49.5. The van der Waals surface area contributed by atoms with Crippen molar-refractivity contribution in [2.45, 2.75) is 245 Å². The third-order valence-electron chi connectivity index (χ3n) is 10.7. The monoisotopic (exact) mass is 851 g/mol. The lowest BCUT2D eigenvalue weighted by Crippen LogP contribution is -2.30. The molecular weight excluding hydrogens is 757 g/mol. The van der Waals surface area contributed by atoms with Crippen molar-refractivity contribution in [1.82, 2.24) is 0 Å². The maximum absolute atomic E-state index is 12.8. The quantitative estimate of drug-likeness (QED) is 0.0200. The first-order chi connectivity index (χ1) is 30.0. The molecular formula is C55H94O6. The smallest absolute Gasteiger partial charge is 0.309 e. The van der Waals surface area contributed by atoms with E-state index in [9.17, 15) is 14.4 Å². The molecule has 0 radical (unpaired) electrons. The van der Waals surface area contributed by atoms with Crippen molar-refractivity contribution < 1.29 is 28.6 Å². The predicted octanol–water partition coefficient (Wildman–Crippen LogP) is 16.6. The molecule has 0 bridgehead atoms. The average molecular weight is 851 g/mol. The number of unbranched alkanes of at least 4 members (excludes halogenated alkanes) is 24. The molecule has 350 valence electrons. The number of carbonyl (C=O) groups excluding carboxylic acids is 3. The number of allylic oxidation sites excluding steroid dienone is 11. The van der Waals surface area contributed by atoms with Crippen LogP contribution in [0.25, 0.3) is 0 Å². The number of carbonyl (C=O) groups is 3. The largest absolute Gasteiger partial charge is 0.462 e. The topological polar surface area (TPSA) is 78.9 Å². The summed E-state index contributed by atoms with van der Waals surface area (Å²) in [5, 5.41) is 0. The molecule has 6 heteroatoms. The fourth-order valence-corrected chi connectivity index (χ4v) is 6.90. The maximum atomic E-state index is 12.8. The summed E-state index contributed by atoms with van der Waals surface area (Å²) in [5.41, 5.74) is 0. The van der Waals surface area contributed by atoms with E-state index >= 15 is 0 Å². The molecule has 0 aromatic rings. The van der Waals surface area contributed by atoms with E-state index in [1.807, 2.05) is 6.08 Å². The van der Waals surface area contributed by atoms with Gasteiger partial charge in [0, 0.05) is 12.8 Å². The minimum absolute atomic E-state index is 0.114. The van der Waals surface area contributed by atoms with Crippen LogP contribution in [0.4, 0.5) is 0 Å². The fourth-order valence-electron chi connectivity index (χ4n) is 6.90. The predicted molar refractivity (Wildman–Crippen MR) is 261 cm³/mol. The van der Waals surface area contributed by atoms with Crippen molar-refractivity contribution in [3.63, 3.8) is 0 Å². The van der Waals surface area contributed by atoms with Crippen LogP contribution < -0.4 is 0 Å². The van der Waals surface area contributed by atoms with Gasteiger partial charge < -0.3 is 14.2 Å². The molecule has 0 heterocycles. The van der Waals surface area contributed by atoms with Crippen LogP contribution in [0.1, 0.15) is 239 Å². The molecule has 1 atom stereocenters. The van der Waals surface area contributed by atoms with Crippen LogP contribution in [-0.2, 0) is 28.6 Å². The molecule has 0 amide bonds. The molecule has 0 aromatic heterocycles. The first-order valence-electron chi connectivity index (χ1n) is 25.5. The van der Waals surface area contributed by atoms with E-state index in [0.717, 1.165) is 89.9 Å². The lowest BCUT2D eigenvalue weighted by Gasteiger charge is -2.18. The Morgan fingerprint density at radius 1 is 0.377 bits per heavy atom. The zero-order valence-corrected chi connectivity index (χ0v) is 39.9. The summed E-state index contributed by atoms with van der Waals surface area (Å²) in [6.07, 6.45) is 62.1. The van der Waals surface area contributed by atoms with Gasteiger partial charge in [-0.15, -0.1) is 0 Å². The highest BCUT2D eigenvalue weighted by molar-refractivity contribution is 5.72. The van der Waals surface area contributed by atoms with Gasteiger partial charge in [0.25, 0.3) is 0 Å². The average Bonchev–Trinajstić information content (AvgIpc) is 3.26. The van der Waals surface area contributed by atoms with Gasteiger partial charge >= 0.3 is 17.9 Å². The molecule has 0 aromatic carbocycles. The summed E-state index contributed by atoms with van der Waals surface area (Å²) in [4.78, 5) is 37.8. The first-order valence-corrected chi connectivity index (χ1v) is 25.5. The summed E-state index contributed by atoms with van der Waals surface area (Å²) in [6, 6.07) is 0. The third kappa shape index (κ3) is 47.7. The Morgan fingerprint density at radius 2 is 0.754 bits per heavy atom. The van der Waals surface area contributed by atoms with Crippen LogP contribution in [0.15, 0.2) is 72.9 Å². The van der Waals surface area contributed by atoms with E-state index in [-0.39, 0.29) is 31.6 Å². The summed E-state index contributed by atoms with van der Waals surface area (Å²) in [7, 11) is 0. The van der Waals surface area contributed by atoms with Crippen molar-refractivity contribution in [1.29, 1.82) is 0 Å². The van der Waals surface area contributed by atoms with Crippen LogP contribution >= 0.6 is 0 Å². The molecule has 0 saturated carbocycles. The van der Waals surface area contributed by atoms with Gasteiger partial charge in [0.15, 0.2) is 6.10 Å². The highest BCUT2D eigenvalue weighted by Crippen LogP contribution is 2.13. The highest BCUT2D eigenvalue weighted by Gasteiger charge is 2.19. The van der Waals surface area contributed by atoms with Gasteiger partial charge in [0.2, 0.25) is 0 Å². The number of hydrogen-bond donors (Lipinski definition) is 0. The van der Waals surface area contributed by atoms with Gasteiger partial charge in [-0.25, -0.2) is 0 Å². The minimum atomic E-state index is -0.820. The lowest BCUT2D eigenvalue weighted by atomic mass is 10.1. The molecule has 1 unspecified atom stereocenters. The van der Waals surface area contributed by atoms with Gasteiger partial charge in [-0.05, 0) is 83.5 Å². The molecule has 0 aliphatic rings. The summed E-state index contributed by atoms with van der Waals surface area (Å²) in [5.74, 6) is -1.07. The molecule has 0 N–H and O–H groups in total. The van der Waals surface area contributed by atoms with Crippen molar-refractivity contribution in [3.8, 4) is 0 Å². The van der Waals surface area contributed by atoms with Gasteiger partial charge in [-0.1, -0.05) is 209 Å². The molecule has 6 nitrogen and oxygen atoms in total. The van der Waals surface area contributed by atoms with E-state index in [1.54, 1.807) is 6.08 Å². The number of hydrogen-bond acceptors (Lipinski definition) is 6. The van der Waals surface area contributed by atoms with E-state index < -0.39 is 12.1 Å². The van der Waals surface area contributed by atoms with Crippen molar-refractivity contribution in [2.24, 2.45) is 0 Å². The van der Waals surface area contributed by atoms with Gasteiger partial charge in [-0.2, -0.15) is 0 Å². The normalized spacial score (nSPS) is 12.6. The van der Waals surface area contributed by atoms with Crippen LogP contribution in [0.3, 0.4) is 0 Å². The summed E-state index contributed by atoms with van der Waals surface area (Å²) < 4.78 is 16.6. The SMILES string of the molecule is CC/C=C\C/C=C\C/C=C\CC(=O)OCC(COC(=O)CCCCCCC/C=C\C=C/CCCCCCCCC)OC(=O)CCCCCCC/C=C\CCCCCCCCC. The highest BCUT2D eigenvalue weighted by atomic mass is 16.6. The summed E-state index contributed by atoms with van der Waals surface area (Å²) in [6.45, 7) is 6.39. The molecule has 0 rings (SSSR count). The second-order valence-corrected chi connectivity index (χ2v) is 16.7. The van der Waals surface area contributed by atoms with Crippen molar-refractivity contribution in [3.05, 3.63) is 72.9 Å². The maximum Gasteiger partial charge on any atom is 0.309 e. The fraction of sp³-hybridized carbons (Fsp3) is 0.727. The van der Waals surface area contributed by atoms with Gasteiger partial charge in [0.05, 0.1) is 6.42 Å². The Labute approximate surface area is 376 Å². The second-order valence-electron chi connectivity index (χ2n) is 16.7. The Morgan fingerprint density at radius 3 is 1.23 bits per heavy atom. The molecule has 0 aliphatic heterocycles. The zero-order chi connectivity index (χ0) is 44.4. The van der Waals surface area contributed by atoms with Gasteiger partial charge in [0.1, 0.15) is 13.2 Å². The number of ether oxygens (including phenoxy) is 3. The Bertz CT molecular complexity index is 1160. The Balaban J connectivity index is 4.41. The Hall–Kier alpha value is -3.15. The molecule has 61 heavy (non-hydrogen) atoms. The minimum Gasteiger partial charge on any atom is -0.462 e. The van der Waals surface area contributed by atoms with Crippen LogP contribution in [-0.4, -0.2) is 37.2 Å². The van der Waals surface area contributed by atoms with E-state index in [1.165, 1.54) is 109 Å². The first kappa shape index (κ1) is 57.9.